The van der Waals surface area contributed by atoms with Gasteiger partial charge in [0, 0.05) is 0 Å². The van der Waals surface area contributed by atoms with Gasteiger partial charge in [0.05, 0.1) is 19.6 Å². The molecule has 1 rings (SSSR count). The van der Waals surface area contributed by atoms with E-state index in [1.165, 1.54) is 13.2 Å². The predicted octanol–water partition coefficient (Wildman–Crippen LogP) is 1.56. The maximum atomic E-state index is 12.8. The van der Waals surface area contributed by atoms with Gasteiger partial charge in [-0.1, -0.05) is 6.07 Å². The molecule has 0 aliphatic carbocycles. The summed E-state index contributed by atoms with van der Waals surface area (Å²) >= 11 is 0. The van der Waals surface area contributed by atoms with Crippen molar-refractivity contribution in [2.45, 2.75) is 12.5 Å². The normalized spacial score (nSPS) is 12.3. The number of esters is 1. The number of aliphatic hydroxyl groups excluding tert-OH is 1. The topological polar surface area (TPSA) is 46.5 Å². The second-order valence-electron chi connectivity index (χ2n) is 2.97. The standard InChI is InChI=1S/C10H10F2O3/c1-15-10(14)5-9(13)6-2-3-7(11)8(12)4-6/h2-4,9,13H,5H2,1H3/t9-/m1/s1. The van der Waals surface area contributed by atoms with Gasteiger partial charge < -0.3 is 9.84 Å². The molecule has 0 spiro atoms. The van der Waals surface area contributed by atoms with Gasteiger partial charge in [-0.3, -0.25) is 4.79 Å². The van der Waals surface area contributed by atoms with E-state index in [-0.39, 0.29) is 12.0 Å². The lowest BCUT2D eigenvalue weighted by atomic mass is 10.1. The molecule has 15 heavy (non-hydrogen) atoms. The molecule has 0 amide bonds. The van der Waals surface area contributed by atoms with Gasteiger partial charge >= 0.3 is 5.97 Å². The Kier molecular flexibility index (Phi) is 3.74. The number of hydrogen-bond acceptors (Lipinski definition) is 3. The van der Waals surface area contributed by atoms with Crippen LogP contribution in [0.15, 0.2) is 18.2 Å². The van der Waals surface area contributed by atoms with Gasteiger partial charge in [0.1, 0.15) is 0 Å². The first kappa shape index (κ1) is 11.6. The van der Waals surface area contributed by atoms with Crippen LogP contribution < -0.4 is 0 Å². The van der Waals surface area contributed by atoms with Gasteiger partial charge in [0.25, 0.3) is 0 Å². The van der Waals surface area contributed by atoms with E-state index in [0.717, 1.165) is 12.1 Å². The third-order valence-electron chi connectivity index (χ3n) is 1.92. The van der Waals surface area contributed by atoms with Crippen molar-refractivity contribution < 1.29 is 23.4 Å². The largest absolute Gasteiger partial charge is 0.469 e. The van der Waals surface area contributed by atoms with Crippen LogP contribution >= 0.6 is 0 Å². The van der Waals surface area contributed by atoms with Gasteiger partial charge in [-0.05, 0) is 17.7 Å². The van der Waals surface area contributed by atoms with E-state index in [1.54, 1.807) is 0 Å². The second-order valence-corrected chi connectivity index (χ2v) is 2.97. The molecule has 1 aromatic rings. The van der Waals surface area contributed by atoms with Crippen molar-refractivity contribution >= 4 is 5.97 Å². The summed E-state index contributed by atoms with van der Waals surface area (Å²) < 4.78 is 29.6. The molecule has 0 aliphatic heterocycles. The van der Waals surface area contributed by atoms with Gasteiger partial charge in [-0.15, -0.1) is 0 Å². The third kappa shape index (κ3) is 2.99. The third-order valence-corrected chi connectivity index (χ3v) is 1.92. The Morgan fingerprint density at radius 3 is 2.67 bits per heavy atom. The summed E-state index contributed by atoms with van der Waals surface area (Å²) in [4.78, 5) is 10.8. The maximum absolute atomic E-state index is 12.8. The first-order chi connectivity index (χ1) is 7.04. The summed E-state index contributed by atoms with van der Waals surface area (Å²) in [6.07, 6.45) is -1.48. The van der Waals surface area contributed by atoms with Crippen molar-refractivity contribution in [1.29, 1.82) is 0 Å². The van der Waals surface area contributed by atoms with Crippen LogP contribution in [0.4, 0.5) is 8.78 Å². The molecule has 1 aromatic carbocycles. The molecule has 0 bridgehead atoms. The zero-order chi connectivity index (χ0) is 11.4. The summed E-state index contributed by atoms with van der Waals surface area (Å²) in [5.41, 5.74) is 0.138. The van der Waals surface area contributed by atoms with Crippen LogP contribution in [0, 0.1) is 11.6 Å². The Morgan fingerprint density at radius 1 is 1.47 bits per heavy atom. The van der Waals surface area contributed by atoms with Gasteiger partial charge in [0.15, 0.2) is 11.6 Å². The molecule has 82 valence electrons. The Hall–Kier alpha value is -1.49. The first-order valence-corrected chi connectivity index (χ1v) is 4.24. The number of hydrogen-bond donors (Lipinski definition) is 1. The Balaban J connectivity index is 2.78. The molecule has 0 aliphatic rings. The molecule has 3 nitrogen and oxygen atoms in total. The van der Waals surface area contributed by atoms with Gasteiger partial charge in [-0.25, -0.2) is 8.78 Å². The molecule has 0 radical (unpaired) electrons. The Morgan fingerprint density at radius 2 is 2.13 bits per heavy atom. The van der Waals surface area contributed by atoms with Crippen LogP contribution in [0.3, 0.4) is 0 Å². The summed E-state index contributed by atoms with van der Waals surface area (Å²) in [5.74, 6) is -2.67. The van der Waals surface area contributed by atoms with Crippen molar-refractivity contribution in [3.63, 3.8) is 0 Å². The van der Waals surface area contributed by atoms with Crippen molar-refractivity contribution in [3.8, 4) is 0 Å². The van der Waals surface area contributed by atoms with Crippen molar-refractivity contribution in [2.24, 2.45) is 0 Å². The number of rotatable bonds is 3. The highest BCUT2D eigenvalue weighted by atomic mass is 19.2. The van der Waals surface area contributed by atoms with Crippen LogP contribution in [0.25, 0.3) is 0 Å². The van der Waals surface area contributed by atoms with Crippen LogP contribution in [0.1, 0.15) is 18.1 Å². The average molecular weight is 216 g/mol. The monoisotopic (exact) mass is 216 g/mol. The predicted molar refractivity (Wildman–Crippen MR) is 48.0 cm³/mol. The fourth-order valence-corrected chi connectivity index (χ4v) is 1.08. The lowest BCUT2D eigenvalue weighted by Gasteiger charge is -2.09. The molecular formula is C10H10F2O3. The number of benzene rings is 1. The SMILES string of the molecule is COC(=O)C[C@@H](O)c1ccc(F)c(F)c1. The van der Waals surface area contributed by atoms with E-state index < -0.39 is 23.7 Å². The van der Waals surface area contributed by atoms with E-state index in [2.05, 4.69) is 4.74 Å². The van der Waals surface area contributed by atoms with E-state index in [4.69, 9.17) is 0 Å². The van der Waals surface area contributed by atoms with Crippen molar-refractivity contribution in [2.75, 3.05) is 7.11 Å². The summed E-state index contributed by atoms with van der Waals surface area (Å²) in [6, 6.07) is 2.96. The number of carbonyl (C=O) groups is 1. The number of halogens is 2. The zero-order valence-electron chi connectivity index (χ0n) is 8.04. The Labute approximate surface area is 85.3 Å². The fraction of sp³-hybridized carbons (Fsp3) is 0.300. The van der Waals surface area contributed by atoms with E-state index in [0.29, 0.717) is 0 Å². The van der Waals surface area contributed by atoms with E-state index in [1.807, 2.05) is 0 Å². The van der Waals surface area contributed by atoms with Crippen molar-refractivity contribution in [3.05, 3.63) is 35.4 Å². The summed E-state index contributed by atoms with van der Waals surface area (Å²) in [5, 5.41) is 9.45. The lowest BCUT2D eigenvalue weighted by molar-refractivity contribution is -0.142. The molecule has 0 heterocycles. The van der Waals surface area contributed by atoms with Gasteiger partial charge in [0.2, 0.25) is 0 Å². The van der Waals surface area contributed by atoms with Crippen molar-refractivity contribution in [1.82, 2.24) is 0 Å². The molecule has 0 saturated carbocycles. The number of carbonyl (C=O) groups excluding carboxylic acids is 1. The number of ether oxygens (including phenoxy) is 1. The molecule has 5 heteroatoms. The first-order valence-electron chi connectivity index (χ1n) is 4.24. The summed E-state index contributed by atoms with van der Waals surface area (Å²) in [6.45, 7) is 0. The molecule has 0 aromatic heterocycles. The Bertz CT molecular complexity index is 366. The summed E-state index contributed by atoms with van der Waals surface area (Å²) in [7, 11) is 1.18. The average Bonchev–Trinajstić information content (AvgIpc) is 2.21. The molecule has 0 unspecified atom stereocenters. The molecular weight excluding hydrogens is 206 g/mol. The van der Waals surface area contributed by atoms with E-state index in [9.17, 15) is 18.7 Å². The molecule has 1 N–H and O–H groups in total. The number of methoxy groups -OCH3 is 1. The zero-order valence-corrected chi connectivity index (χ0v) is 8.04. The van der Waals surface area contributed by atoms with Crippen LogP contribution in [0.2, 0.25) is 0 Å². The second kappa shape index (κ2) is 4.84. The van der Waals surface area contributed by atoms with Gasteiger partial charge in [-0.2, -0.15) is 0 Å². The molecule has 1 atom stereocenters. The minimum atomic E-state index is -1.19. The van der Waals surface area contributed by atoms with E-state index >= 15 is 0 Å². The van der Waals surface area contributed by atoms with Crippen LogP contribution in [-0.2, 0) is 9.53 Å². The number of aliphatic hydroxyl groups is 1. The molecule has 0 saturated heterocycles. The van der Waals surface area contributed by atoms with Crippen LogP contribution in [0.5, 0.6) is 0 Å². The molecule has 0 fully saturated rings. The quantitative estimate of drug-likeness (QED) is 0.780. The maximum Gasteiger partial charge on any atom is 0.308 e. The smallest absolute Gasteiger partial charge is 0.308 e. The lowest BCUT2D eigenvalue weighted by Crippen LogP contribution is -2.08. The highest BCUT2D eigenvalue weighted by Crippen LogP contribution is 2.19. The minimum absolute atomic E-state index is 0.138. The van der Waals surface area contributed by atoms with Crippen LogP contribution in [-0.4, -0.2) is 18.2 Å². The highest BCUT2D eigenvalue weighted by Gasteiger charge is 2.14. The fourth-order valence-electron chi connectivity index (χ4n) is 1.08. The minimum Gasteiger partial charge on any atom is -0.469 e. The highest BCUT2D eigenvalue weighted by molar-refractivity contribution is 5.70.